The number of hydrogen-bond acceptors (Lipinski definition) is 4. The highest BCUT2D eigenvalue weighted by Gasteiger charge is 2.29. The third-order valence-electron chi connectivity index (χ3n) is 6.21. The topological polar surface area (TPSA) is 53.4 Å². The van der Waals surface area contributed by atoms with E-state index in [-0.39, 0.29) is 11.9 Å². The molecule has 1 N–H and O–H groups in total. The zero-order chi connectivity index (χ0) is 19.8. The second-order valence-corrected chi connectivity index (χ2v) is 7.99. The molecule has 0 aliphatic carbocycles. The molecule has 2 fully saturated rings. The second-order valence-electron chi connectivity index (χ2n) is 7.99. The number of carbonyl (C=O) groups excluding carboxylic acids is 1. The number of fused-ring (bicyclic) bond motifs is 1. The van der Waals surface area contributed by atoms with E-state index in [0.717, 1.165) is 68.0 Å². The Kier molecular flexibility index (Phi) is 4.72. The van der Waals surface area contributed by atoms with E-state index in [4.69, 9.17) is 4.98 Å². The standard InChI is InChI=1S/C23H27N5O/c1-26-21-10-3-2-8-19(21)25-22(26)17-6-4-7-18(16-17)27-12-14-28(15-13-27)23(29)20-9-5-11-24-20/h2-4,6-8,10,16,20,24H,5,9,11-15H2,1H3/t20-/m0/s1. The van der Waals surface area contributed by atoms with Crippen LogP contribution in [0.5, 0.6) is 0 Å². The maximum Gasteiger partial charge on any atom is 0.239 e. The number of nitrogens with one attached hydrogen (secondary N) is 1. The Labute approximate surface area is 171 Å². The van der Waals surface area contributed by atoms with Gasteiger partial charge in [-0.1, -0.05) is 24.3 Å². The van der Waals surface area contributed by atoms with Crippen molar-refractivity contribution in [2.45, 2.75) is 18.9 Å². The van der Waals surface area contributed by atoms with E-state index in [1.54, 1.807) is 0 Å². The zero-order valence-electron chi connectivity index (χ0n) is 16.8. The van der Waals surface area contributed by atoms with E-state index in [2.05, 4.69) is 58.2 Å². The van der Waals surface area contributed by atoms with Gasteiger partial charge in [-0.15, -0.1) is 0 Å². The van der Waals surface area contributed by atoms with Crippen molar-refractivity contribution in [1.82, 2.24) is 19.8 Å². The van der Waals surface area contributed by atoms with Crippen LogP contribution in [0.15, 0.2) is 48.5 Å². The van der Waals surface area contributed by atoms with E-state index < -0.39 is 0 Å². The summed E-state index contributed by atoms with van der Waals surface area (Å²) in [6.07, 6.45) is 2.07. The molecule has 2 aromatic carbocycles. The first-order valence-electron chi connectivity index (χ1n) is 10.5. The molecule has 1 amide bonds. The van der Waals surface area contributed by atoms with Gasteiger partial charge < -0.3 is 19.7 Å². The van der Waals surface area contributed by atoms with E-state index in [1.165, 1.54) is 5.69 Å². The van der Waals surface area contributed by atoms with Crippen LogP contribution in [-0.2, 0) is 11.8 Å². The van der Waals surface area contributed by atoms with Crippen molar-refractivity contribution in [2.75, 3.05) is 37.6 Å². The SMILES string of the molecule is Cn1c(-c2cccc(N3CCN(C(=O)[C@@H]4CCCN4)CC3)c2)nc2ccccc21. The van der Waals surface area contributed by atoms with Crippen molar-refractivity contribution < 1.29 is 4.79 Å². The number of aromatic nitrogens is 2. The molecular weight excluding hydrogens is 362 g/mol. The van der Waals surface area contributed by atoms with Gasteiger partial charge in [0.05, 0.1) is 17.1 Å². The highest BCUT2D eigenvalue weighted by Crippen LogP contribution is 2.27. The van der Waals surface area contributed by atoms with E-state index >= 15 is 0 Å². The predicted molar refractivity (Wildman–Crippen MR) is 116 cm³/mol. The van der Waals surface area contributed by atoms with Gasteiger partial charge in [0, 0.05) is 44.5 Å². The molecule has 150 valence electrons. The lowest BCUT2D eigenvalue weighted by Crippen LogP contribution is -2.53. The fraction of sp³-hybridized carbons (Fsp3) is 0.391. The van der Waals surface area contributed by atoms with Crippen molar-refractivity contribution >= 4 is 22.6 Å². The summed E-state index contributed by atoms with van der Waals surface area (Å²) in [6.45, 7) is 4.27. The van der Waals surface area contributed by atoms with Crippen LogP contribution >= 0.6 is 0 Å². The molecular formula is C23H27N5O. The molecule has 6 heteroatoms. The molecule has 3 aromatic rings. The average molecular weight is 390 g/mol. The lowest BCUT2D eigenvalue weighted by Gasteiger charge is -2.37. The molecule has 5 rings (SSSR count). The van der Waals surface area contributed by atoms with E-state index in [0.29, 0.717) is 0 Å². The number of piperazine rings is 1. The Morgan fingerprint density at radius 2 is 1.90 bits per heavy atom. The second kappa shape index (κ2) is 7.52. The molecule has 0 radical (unpaired) electrons. The van der Waals surface area contributed by atoms with Crippen molar-refractivity contribution in [2.24, 2.45) is 7.05 Å². The number of para-hydroxylation sites is 2. The van der Waals surface area contributed by atoms with Gasteiger partial charge in [-0.25, -0.2) is 4.98 Å². The molecule has 0 bridgehead atoms. The lowest BCUT2D eigenvalue weighted by atomic mass is 10.1. The Morgan fingerprint density at radius 3 is 2.66 bits per heavy atom. The zero-order valence-corrected chi connectivity index (χ0v) is 16.8. The van der Waals surface area contributed by atoms with Crippen molar-refractivity contribution in [3.63, 3.8) is 0 Å². The fourth-order valence-corrected chi connectivity index (χ4v) is 4.55. The van der Waals surface area contributed by atoms with Gasteiger partial charge in [0.15, 0.2) is 0 Å². The fourth-order valence-electron chi connectivity index (χ4n) is 4.55. The summed E-state index contributed by atoms with van der Waals surface area (Å²) in [5.74, 6) is 1.25. The number of nitrogens with zero attached hydrogens (tertiary/aromatic N) is 4. The van der Waals surface area contributed by atoms with Gasteiger partial charge >= 0.3 is 0 Å². The van der Waals surface area contributed by atoms with Crippen LogP contribution in [0.25, 0.3) is 22.4 Å². The van der Waals surface area contributed by atoms with Gasteiger partial charge in [0.25, 0.3) is 0 Å². The van der Waals surface area contributed by atoms with Crippen molar-refractivity contribution in [1.29, 1.82) is 0 Å². The summed E-state index contributed by atoms with van der Waals surface area (Å²) in [4.78, 5) is 21.9. The minimum absolute atomic E-state index is 0.0300. The van der Waals surface area contributed by atoms with Crippen LogP contribution in [0.3, 0.4) is 0 Å². The molecule has 1 aromatic heterocycles. The summed E-state index contributed by atoms with van der Waals surface area (Å²) in [5.41, 5.74) is 4.47. The first-order chi connectivity index (χ1) is 14.2. The van der Waals surface area contributed by atoms with Gasteiger partial charge in [-0.05, 0) is 43.7 Å². The van der Waals surface area contributed by atoms with Crippen molar-refractivity contribution in [3.8, 4) is 11.4 Å². The Morgan fingerprint density at radius 1 is 1.07 bits per heavy atom. The smallest absolute Gasteiger partial charge is 0.239 e. The Hall–Kier alpha value is -2.86. The molecule has 1 atom stereocenters. The summed E-state index contributed by atoms with van der Waals surface area (Å²) in [6, 6.07) is 16.9. The van der Waals surface area contributed by atoms with Gasteiger partial charge in [0.1, 0.15) is 5.82 Å². The molecule has 0 saturated carbocycles. The number of amides is 1. The quantitative estimate of drug-likeness (QED) is 0.748. The van der Waals surface area contributed by atoms with Gasteiger partial charge in [-0.3, -0.25) is 4.79 Å². The summed E-state index contributed by atoms with van der Waals surface area (Å²) < 4.78 is 2.15. The number of benzene rings is 2. The van der Waals surface area contributed by atoms with Crippen molar-refractivity contribution in [3.05, 3.63) is 48.5 Å². The molecule has 2 aliphatic heterocycles. The van der Waals surface area contributed by atoms with Crippen LogP contribution in [0.4, 0.5) is 5.69 Å². The number of hydrogen-bond donors (Lipinski definition) is 1. The Bertz CT molecular complexity index is 1030. The van der Waals surface area contributed by atoms with Crippen LogP contribution in [0.1, 0.15) is 12.8 Å². The van der Waals surface area contributed by atoms with Crippen LogP contribution < -0.4 is 10.2 Å². The molecule has 0 unspecified atom stereocenters. The first-order valence-corrected chi connectivity index (χ1v) is 10.5. The molecule has 29 heavy (non-hydrogen) atoms. The molecule has 6 nitrogen and oxygen atoms in total. The van der Waals surface area contributed by atoms with Crippen LogP contribution in [0.2, 0.25) is 0 Å². The third kappa shape index (κ3) is 3.38. The minimum atomic E-state index is 0.0300. The number of rotatable bonds is 3. The van der Waals surface area contributed by atoms with Crippen LogP contribution in [-0.4, -0.2) is 59.1 Å². The van der Waals surface area contributed by atoms with Crippen LogP contribution in [0, 0.1) is 0 Å². The molecule has 2 aliphatic rings. The largest absolute Gasteiger partial charge is 0.368 e. The normalized spacial score (nSPS) is 19.8. The predicted octanol–water partition coefficient (Wildman–Crippen LogP) is 2.64. The summed E-state index contributed by atoms with van der Waals surface area (Å²) in [7, 11) is 2.07. The number of imidazole rings is 1. The number of aryl methyl sites for hydroxylation is 1. The highest BCUT2D eigenvalue weighted by molar-refractivity contribution is 5.83. The Balaban J connectivity index is 1.33. The third-order valence-corrected chi connectivity index (χ3v) is 6.21. The summed E-state index contributed by atoms with van der Waals surface area (Å²) >= 11 is 0. The monoisotopic (exact) mass is 389 g/mol. The molecule has 3 heterocycles. The molecule has 0 spiro atoms. The molecule has 2 saturated heterocycles. The van der Waals surface area contributed by atoms with E-state index in [9.17, 15) is 4.79 Å². The maximum absolute atomic E-state index is 12.6. The average Bonchev–Trinajstić information content (AvgIpc) is 3.42. The highest BCUT2D eigenvalue weighted by atomic mass is 16.2. The maximum atomic E-state index is 12.6. The van der Waals surface area contributed by atoms with Gasteiger partial charge in [0.2, 0.25) is 5.91 Å². The number of anilines is 1. The number of carbonyl (C=O) groups is 1. The van der Waals surface area contributed by atoms with Gasteiger partial charge in [-0.2, -0.15) is 0 Å². The first kappa shape index (κ1) is 18.2. The summed E-state index contributed by atoms with van der Waals surface area (Å²) in [5, 5.41) is 3.32. The minimum Gasteiger partial charge on any atom is -0.368 e. The lowest BCUT2D eigenvalue weighted by molar-refractivity contribution is -0.133. The van der Waals surface area contributed by atoms with E-state index in [1.807, 2.05) is 17.0 Å².